The normalized spacial score (nSPS) is 14.5. The molecule has 5 nitrogen and oxygen atoms in total. The second-order valence-electron chi connectivity index (χ2n) is 31.5. The van der Waals surface area contributed by atoms with Gasteiger partial charge in [0, 0.05) is 45.0 Å². The molecule has 0 unspecified atom stereocenters. The van der Waals surface area contributed by atoms with E-state index in [1.807, 2.05) is 19.9 Å². The van der Waals surface area contributed by atoms with Crippen LogP contribution in [0.3, 0.4) is 0 Å². The molecule has 2 N–H and O–H groups in total. The lowest BCUT2D eigenvalue weighted by Gasteiger charge is -2.35. The fourth-order valence-electron chi connectivity index (χ4n) is 15.0. The Morgan fingerprint density at radius 1 is 0.442 bits per heavy atom. The van der Waals surface area contributed by atoms with E-state index in [-0.39, 0.29) is 57.2 Å². The van der Waals surface area contributed by atoms with Gasteiger partial charge in [0.15, 0.2) is 0 Å². The Balaban J connectivity index is 1.05. The zero-order valence-electron chi connectivity index (χ0n) is 55.3. The number of aromatic hydroxyl groups is 2. The van der Waals surface area contributed by atoms with Crippen molar-refractivity contribution in [2.75, 3.05) is 13.2 Å². The number of nitrogens with zero attached hydrogens (tertiary/aromatic N) is 1. The van der Waals surface area contributed by atoms with Crippen molar-refractivity contribution < 1.29 is 28.5 Å². The minimum absolute atomic E-state index is 0.0170. The van der Waals surface area contributed by atoms with E-state index in [0.29, 0.717) is 57.0 Å². The van der Waals surface area contributed by atoms with Crippen molar-refractivity contribution in [3.05, 3.63) is 158 Å². The van der Waals surface area contributed by atoms with E-state index in [2.05, 4.69) is 176 Å². The molecule has 0 atom stereocenters. The summed E-state index contributed by atoms with van der Waals surface area (Å²) in [6.07, 6.45) is 10.7. The Hall–Kier alpha value is -6.60. The third-order valence-electron chi connectivity index (χ3n) is 18.5. The van der Waals surface area contributed by atoms with Crippen LogP contribution in [-0.2, 0) is 47.3 Å². The van der Waals surface area contributed by atoms with Crippen molar-refractivity contribution >= 4 is 21.8 Å². The lowest BCUT2D eigenvalue weighted by atomic mass is 9.70. The molecular formula is C79H97F2NO4. The molecule has 456 valence electrons. The van der Waals surface area contributed by atoms with Crippen molar-refractivity contribution in [3.8, 4) is 62.1 Å². The summed E-state index contributed by atoms with van der Waals surface area (Å²) >= 11 is 0. The standard InChI is InChI=1S/C79H97F2NO4/c1-47-34-55(80)43-63(61-37-53(78(15,16)45-74(3,4)5)39-65(70(61)83)69-57-26-21-19-24-49(57)36-50-25-20-22-27-58(50)69)72(47)85-32-23-33-86-73-48(2)35-56(81)44-64(73)62-38-54(79(17,18)46-75(6,7)8)42-68(71(62)84)82-66-40-51(76(9,10)11)28-30-59(66)60-31-29-52(41-67(60)82)77(12,13)14/h28-31,34-44,83-84H,19-27,32-33,45-46H2,1-18H3. The van der Waals surface area contributed by atoms with Crippen LogP contribution in [0.4, 0.5) is 8.78 Å². The van der Waals surface area contributed by atoms with E-state index in [4.69, 9.17) is 9.47 Å². The van der Waals surface area contributed by atoms with Gasteiger partial charge in [0.1, 0.15) is 34.6 Å². The summed E-state index contributed by atoms with van der Waals surface area (Å²) in [5.74, 6) is 0.338. The first kappa shape index (κ1) is 62.5. The summed E-state index contributed by atoms with van der Waals surface area (Å²) < 4.78 is 48.1. The number of phenolic OH excluding ortho intramolecular Hbond substituents is 2. The summed E-state index contributed by atoms with van der Waals surface area (Å²) in [4.78, 5) is 0. The third kappa shape index (κ3) is 12.6. The monoisotopic (exact) mass is 1160 g/mol. The molecule has 0 saturated carbocycles. The Bertz CT molecular complexity index is 3810. The van der Waals surface area contributed by atoms with Crippen molar-refractivity contribution in [2.45, 2.75) is 217 Å². The summed E-state index contributed by atoms with van der Waals surface area (Å²) in [6, 6.07) is 30.4. The predicted molar refractivity (Wildman–Crippen MR) is 357 cm³/mol. The van der Waals surface area contributed by atoms with Crippen LogP contribution in [0.2, 0.25) is 0 Å². The van der Waals surface area contributed by atoms with E-state index < -0.39 is 11.6 Å². The smallest absolute Gasteiger partial charge is 0.147 e. The molecule has 0 aliphatic heterocycles. The first-order chi connectivity index (χ1) is 40.1. The molecule has 7 aromatic carbocycles. The largest absolute Gasteiger partial charge is 0.507 e. The maximum Gasteiger partial charge on any atom is 0.147 e. The molecule has 7 heteroatoms. The summed E-state index contributed by atoms with van der Waals surface area (Å²) in [7, 11) is 0. The SMILES string of the molecule is Cc1cc(F)cc(-c2cc(C(C)(C)CC(C)(C)C)cc(-c3c4c(cc5c3CCCC5)CCCC4)c2O)c1OCCCOc1c(C)cc(F)cc1-c1cc(C(C)(C)CC(C)(C)C)cc(-n2c3cc(C(C)(C)C)ccc3c3ccc(C(C)(C)C)cc32)c1O. The van der Waals surface area contributed by atoms with Crippen LogP contribution in [0.1, 0.15) is 211 Å². The average Bonchev–Trinajstić information content (AvgIpc) is 1.44. The highest BCUT2D eigenvalue weighted by Crippen LogP contribution is 2.52. The van der Waals surface area contributed by atoms with Gasteiger partial charge in [-0.1, -0.05) is 141 Å². The van der Waals surface area contributed by atoms with Gasteiger partial charge in [-0.2, -0.15) is 0 Å². The van der Waals surface area contributed by atoms with Gasteiger partial charge in [0.05, 0.1) is 29.9 Å². The van der Waals surface area contributed by atoms with Gasteiger partial charge in [0.2, 0.25) is 0 Å². The van der Waals surface area contributed by atoms with Crippen molar-refractivity contribution in [3.63, 3.8) is 0 Å². The molecule has 2 aliphatic carbocycles. The van der Waals surface area contributed by atoms with Crippen LogP contribution in [-0.4, -0.2) is 28.0 Å². The maximum absolute atomic E-state index is 16.2. The van der Waals surface area contributed by atoms with Crippen LogP contribution in [0.5, 0.6) is 23.0 Å². The van der Waals surface area contributed by atoms with E-state index >= 15 is 8.78 Å². The van der Waals surface area contributed by atoms with Gasteiger partial charge in [-0.3, -0.25) is 0 Å². The molecular weight excluding hydrogens is 1060 g/mol. The van der Waals surface area contributed by atoms with Crippen molar-refractivity contribution in [1.29, 1.82) is 0 Å². The van der Waals surface area contributed by atoms with E-state index in [1.54, 1.807) is 0 Å². The summed E-state index contributed by atoms with van der Waals surface area (Å²) in [5.41, 5.74) is 16.9. The number of fused-ring (bicyclic) bond motifs is 5. The predicted octanol–water partition coefficient (Wildman–Crippen LogP) is 21.7. The molecule has 1 heterocycles. The molecule has 0 saturated heterocycles. The molecule has 0 radical (unpaired) electrons. The van der Waals surface area contributed by atoms with Crippen LogP contribution >= 0.6 is 0 Å². The van der Waals surface area contributed by atoms with Crippen LogP contribution in [0.15, 0.2) is 91.0 Å². The molecule has 0 fully saturated rings. The number of aromatic nitrogens is 1. The lowest BCUT2D eigenvalue weighted by Crippen LogP contribution is -2.25. The number of aryl methyl sites for hydroxylation is 4. The van der Waals surface area contributed by atoms with Crippen molar-refractivity contribution in [2.24, 2.45) is 10.8 Å². The van der Waals surface area contributed by atoms with Gasteiger partial charge in [-0.15, -0.1) is 0 Å². The number of hydrogen-bond acceptors (Lipinski definition) is 4. The first-order valence-corrected chi connectivity index (χ1v) is 32.0. The fourth-order valence-corrected chi connectivity index (χ4v) is 15.0. The molecule has 8 aromatic rings. The number of benzene rings is 7. The second kappa shape index (κ2) is 22.8. The highest BCUT2D eigenvalue weighted by Gasteiger charge is 2.35. The number of hydrogen-bond donors (Lipinski definition) is 2. The molecule has 86 heavy (non-hydrogen) atoms. The van der Waals surface area contributed by atoms with Gasteiger partial charge in [-0.05, 0) is 232 Å². The van der Waals surface area contributed by atoms with E-state index in [0.717, 1.165) is 103 Å². The van der Waals surface area contributed by atoms with Crippen LogP contribution in [0.25, 0.3) is 60.9 Å². The molecule has 0 bridgehead atoms. The minimum atomic E-state index is -0.432. The maximum atomic E-state index is 16.2. The Kier molecular flexibility index (Phi) is 16.6. The van der Waals surface area contributed by atoms with E-state index in [9.17, 15) is 10.2 Å². The minimum Gasteiger partial charge on any atom is -0.507 e. The van der Waals surface area contributed by atoms with Crippen LogP contribution in [0, 0.1) is 36.3 Å². The fraction of sp³-hybridized carbons (Fsp3) is 0.468. The third-order valence-corrected chi connectivity index (χ3v) is 18.5. The zero-order chi connectivity index (χ0) is 62.4. The first-order valence-electron chi connectivity index (χ1n) is 32.0. The van der Waals surface area contributed by atoms with Crippen LogP contribution < -0.4 is 9.47 Å². The molecule has 2 aliphatic rings. The second-order valence-corrected chi connectivity index (χ2v) is 31.5. The summed E-state index contributed by atoms with van der Waals surface area (Å²) in [5, 5.41) is 28.3. The topological polar surface area (TPSA) is 63.8 Å². The summed E-state index contributed by atoms with van der Waals surface area (Å²) in [6.45, 7) is 40.2. The molecule has 0 spiro atoms. The highest BCUT2D eigenvalue weighted by molar-refractivity contribution is 6.10. The Morgan fingerprint density at radius 3 is 1.28 bits per heavy atom. The van der Waals surface area contributed by atoms with Gasteiger partial charge >= 0.3 is 0 Å². The van der Waals surface area contributed by atoms with Gasteiger partial charge in [-0.25, -0.2) is 8.78 Å². The van der Waals surface area contributed by atoms with E-state index in [1.165, 1.54) is 63.2 Å². The van der Waals surface area contributed by atoms with Crippen molar-refractivity contribution in [1.82, 2.24) is 4.57 Å². The highest BCUT2D eigenvalue weighted by atomic mass is 19.1. The number of rotatable bonds is 14. The van der Waals surface area contributed by atoms with Gasteiger partial charge in [0.25, 0.3) is 0 Å². The van der Waals surface area contributed by atoms with Gasteiger partial charge < -0.3 is 24.3 Å². The number of phenols is 2. The zero-order valence-corrected chi connectivity index (χ0v) is 55.3. The average molecular weight is 1160 g/mol. The number of halogens is 2. The number of ether oxygens (including phenoxy) is 2. The Morgan fingerprint density at radius 2 is 0.849 bits per heavy atom. The lowest BCUT2D eigenvalue weighted by molar-refractivity contribution is 0.246. The quantitative estimate of drug-likeness (QED) is 0.107. The molecule has 1 aromatic heterocycles. The molecule has 10 rings (SSSR count). The molecule has 0 amide bonds. The Labute approximate surface area is 513 Å².